The van der Waals surface area contributed by atoms with Gasteiger partial charge in [-0.3, -0.25) is 4.90 Å². The molecule has 0 bridgehead atoms. The summed E-state index contributed by atoms with van der Waals surface area (Å²) >= 11 is 2.27. The molecule has 3 rings (SSSR count). The van der Waals surface area contributed by atoms with Gasteiger partial charge in [-0.25, -0.2) is 0 Å². The number of hydrogen-bond acceptors (Lipinski definition) is 5. The first-order valence-electron chi connectivity index (χ1n) is 8.81. The number of carbonyl (C=O) groups excluding carboxylic acids is 1. The van der Waals surface area contributed by atoms with Gasteiger partial charge in [0.15, 0.2) is 0 Å². The minimum atomic E-state index is -0.962. The van der Waals surface area contributed by atoms with Crippen molar-refractivity contribution < 1.29 is 44.2 Å². The normalized spacial score (nSPS) is 14.5. The fourth-order valence-electron chi connectivity index (χ4n) is 3.04. The summed E-state index contributed by atoms with van der Waals surface area (Å²) in [4.78, 5) is 15.2. The zero-order valence-corrected chi connectivity index (χ0v) is 19.7. The molecule has 1 heterocycles. The summed E-state index contributed by atoms with van der Waals surface area (Å²) < 4.78 is 7.06. The first-order chi connectivity index (χ1) is 12.6. The molecule has 0 aromatic heterocycles. The smallest absolute Gasteiger partial charge is 0.550 e. The van der Waals surface area contributed by atoms with Crippen LogP contribution in [0.1, 0.15) is 12.8 Å². The van der Waals surface area contributed by atoms with Crippen molar-refractivity contribution in [3.8, 4) is 11.5 Å². The van der Waals surface area contributed by atoms with Crippen molar-refractivity contribution in [2.75, 3.05) is 37.6 Å². The van der Waals surface area contributed by atoms with Gasteiger partial charge in [-0.2, -0.15) is 0 Å². The molecule has 1 aliphatic heterocycles. The maximum absolute atomic E-state index is 10.5. The van der Waals surface area contributed by atoms with Crippen molar-refractivity contribution in [2.45, 2.75) is 12.8 Å². The molecule has 0 amide bonds. The molecule has 2 aromatic carbocycles. The number of carboxylic acids is 1. The molecule has 2 aromatic rings. The van der Waals surface area contributed by atoms with E-state index in [1.807, 2.05) is 36.4 Å². The quantitative estimate of drug-likeness (QED) is 0.398. The Morgan fingerprint density at radius 3 is 2.07 bits per heavy atom. The predicted molar refractivity (Wildman–Crippen MR) is 109 cm³/mol. The molecule has 0 unspecified atom stereocenters. The third-order valence-corrected chi connectivity index (χ3v) is 5.20. The number of carboxylic acid groups (broad SMARTS) is 1. The van der Waals surface area contributed by atoms with Crippen molar-refractivity contribution in [1.82, 2.24) is 4.90 Å². The molecular formula is C20H22IN2NaO3. The number of carbonyl (C=O) groups is 1. The van der Waals surface area contributed by atoms with Gasteiger partial charge in [-0.15, -0.1) is 0 Å². The van der Waals surface area contributed by atoms with E-state index in [1.165, 1.54) is 9.26 Å². The van der Waals surface area contributed by atoms with E-state index in [0.29, 0.717) is 6.42 Å². The van der Waals surface area contributed by atoms with Gasteiger partial charge in [-0.05, 0) is 90.5 Å². The van der Waals surface area contributed by atoms with E-state index in [4.69, 9.17) is 4.74 Å². The van der Waals surface area contributed by atoms with Gasteiger partial charge < -0.3 is 19.5 Å². The van der Waals surface area contributed by atoms with Gasteiger partial charge in [0.05, 0.1) is 0 Å². The Morgan fingerprint density at radius 2 is 1.52 bits per heavy atom. The molecule has 0 N–H and O–H groups in total. The zero-order valence-electron chi connectivity index (χ0n) is 15.6. The molecule has 0 aliphatic carbocycles. The van der Waals surface area contributed by atoms with Crippen molar-refractivity contribution in [2.24, 2.45) is 0 Å². The van der Waals surface area contributed by atoms with Crippen LogP contribution in [-0.2, 0) is 4.79 Å². The van der Waals surface area contributed by atoms with Crippen molar-refractivity contribution in [3.05, 3.63) is 52.1 Å². The minimum Gasteiger partial charge on any atom is -0.550 e. The second-order valence-corrected chi connectivity index (χ2v) is 7.60. The largest absolute Gasteiger partial charge is 1.00 e. The monoisotopic (exact) mass is 488 g/mol. The average Bonchev–Trinajstić information content (AvgIpc) is 2.65. The Labute approximate surface area is 196 Å². The molecule has 0 atom stereocenters. The summed E-state index contributed by atoms with van der Waals surface area (Å²) in [5.41, 5.74) is 1.19. The molecule has 138 valence electrons. The van der Waals surface area contributed by atoms with E-state index in [2.05, 4.69) is 44.5 Å². The average molecular weight is 488 g/mol. The maximum atomic E-state index is 10.5. The summed E-state index contributed by atoms with van der Waals surface area (Å²) in [6, 6.07) is 16.2. The van der Waals surface area contributed by atoms with Crippen molar-refractivity contribution in [1.29, 1.82) is 0 Å². The van der Waals surface area contributed by atoms with E-state index < -0.39 is 5.97 Å². The zero-order chi connectivity index (χ0) is 18.4. The number of halogens is 1. The Hall–Kier alpha value is -0.800. The maximum Gasteiger partial charge on any atom is 1.00 e. The van der Waals surface area contributed by atoms with Gasteiger partial charge in [0.25, 0.3) is 0 Å². The van der Waals surface area contributed by atoms with Gasteiger partial charge in [0, 0.05) is 41.4 Å². The van der Waals surface area contributed by atoms with E-state index in [-0.39, 0.29) is 36.0 Å². The third kappa shape index (κ3) is 7.27. The Morgan fingerprint density at radius 1 is 0.963 bits per heavy atom. The topological polar surface area (TPSA) is 55.8 Å². The van der Waals surface area contributed by atoms with Crippen LogP contribution >= 0.6 is 22.6 Å². The van der Waals surface area contributed by atoms with Crippen LogP contribution in [0, 0.1) is 3.57 Å². The van der Waals surface area contributed by atoms with Crippen LogP contribution in [0.4, 0.5) is 5.69 Å². The van der Waals surface area contributed by atoms with Crippen LogP contribution in [0.3, 0.4) is 0 Å². The second kappa shape index (κ2) is 11.3. The number of aliphatic carboxylic acids is 1. The number of benzene rings is 2. The van der Waals surface area contributed by atoms with E-state index in [0.717, 1.165) is 44.2 Å². The number of hydrogen-bond donors (Lipinski definition) is 0. The van der Waals surface area contributed by atoms with E-state index >= 15 is 0 Å². The van der Waals surface area contributed by atoms with Crippen LogP contribution in [0.2, 0.25) is 0 Å². The number of piperazine rings is 1. The van der Waals surface area contributed by atoms with E-state index in [9.17, 15) is 9.90 Å². The molecule has 7 heteroatoms. The predicted octanol–water partition coefficient (Wildman–Crippen LogP) is -0.260. The Balaban J connectivity index is 0.00000261. The summed E-state index contributed by atoms with van der Waals surface area (Å²) in [5.74, 6) is 0.704. The Kier molecular flexibility index (Phi) is 9.38. The number of ether oxygens (including phenoxy) is 1. The van der Waals surface area contributed by atoms with Crippen LogP contribution in [0.5, 0.6) is 11.5 Å². The molecule has 0 radical (unpaired) electrons. The first-order valence-corrected chi connectivity index (χ1v) is 9.89. The van der Waals surface area contributed by atoms with Crippen LogP contribution in [0.25, 0.3) is 0 Å². The van der Waals surface area contributed by atoms with Gasteiger partial charge in [0.2, 0.25) is 0 Å². The molecular weight excluding hydrogens is 466 g/mol. The number of anilines is 1. The van der Waals surface area contributed by atoms with Crippen LogP contribution in [0.15, 0.2) is 48.5 Å². The van der Waals surface area contributed by atoms with Crippen molar-refractivity contribution in [3.63, 3.8) is 0 Å². The molecule has 1 fully saturated rings. The standard InChI is InChI=1S/C20H23IN2O3.Na/c21-16-3-7-18(8-4-16)26-19-9-5-17(6-10-19)23-14-12-22(13-15-23)11-1-2-20(24)25;/h3-10H,1-2,11-15H2,(H,24,25);/q;+1/p-1. The Bertz CT molecular complexity index is 717. The molecule has 0 spiro atoms. The van der Waals surface area contributed by atoms with E-state index in [1.54, 1.807) is 0 Å². The summed E-state index contributed by atoms with van der Waals surface area (Å²) in [6.45, 7) is 4.62. The third-order valence-electron chi connectivity index (χ3n) is 4.48. The number of nitrogens with zero attached hydrogens (tertiary/aromatic N) is 2. The molecule has 27 heavy (non-hydrogen) atoms. The fraction of sp³-hybridized carbons (Fsp3) is 0.350. The SMILES string of the molecule is O=C([O-])CCCN1CCN(c2ccc(Oc3ccc(I)cc3)cc2)CC1.[Na+]. The summed E-state index contributed by atoms with van der Waals surface area (Å²) in [6.07, 6.45) is 0.801. The summed E-state index contributed by atoms with van der Waals surface area (Å²) in [5, 5.41) is 10.5. The summed E-state index contributed by atoms with van der Waals surface area (Å²) in [7, 11) is 0. The second-order valence-electron chi connectivity index (χ2n) is 6.35. The first kappa shape index (κ1) is 22.5. The number of rotatable bonds is 7. The van der Waals surface area contributed by atoms with Gasteiger partial charge in [-0.1, -0.05) is 0 Å². The molecule has 1 saturated heterocycles. The van der Waals surface area contributed by atoms with Crippen molar-refractivity contribution >= 4 is 34.2 Å². The minimum absolute atomic E-state index is 0. The molecule has 5 nitrogen and oxygen atoms in total. The van der Waals surface area contributed by atoms with Crippen LogP contribution in [-0.4, -0.2) is 43.6 Å². The van der Waals surface area contributed by atoms with Crippen LogP contribution < -0.4 is 44.3 Å². The van der Waals surface area contributed by atoms with Gasteiger partial charge >= 0.3 is 29.6 Å². The molecule has 0 saturated carbocycles. The van der Waals surface area contributed by atoms with Gasteiger partial charge in [0.1, 0.15) is 11.5 Å². The fourth-order valence-corrected chi connectivity index (χ4v) is 3.40. The molecule has 1 aliphatic rings.